The number of hydrogen-bond acceptors (Lipinski definition) is 1. The topological polar surface area (TPSA) is 37.3 Å². The Bertz CT molecular complexity index is 452. The summed E-state index contributed by atoms with van der Waals surface area (Å²) in [4.78, 5) is 11.9. The van der Waals surface area contributed by atoms with Gasteiger partial charge in [-0.3, -0.25) is 4.79 Å². The third-order valence-corrected chi connectivity index (χ3v) is 4.77. The van der Waals surface area contributed by atoms with E-state index in [4.69, 9.17) is 0 Å². The summed E-state index contributed by atoms with van der Waals surface area (Å²) >= 11 is 0. The SMILES string of the molecule is CCC1CCCC(Cc2ccccc2C)(C(=O)O)C1. The van der Waals surface area contributed by atoms with Crippen LogP contribution in [0, 0.1) is 18.3 Å². The van der Waals surface area contributed by atoms with Gasteiger partial charge >= 0.3 is 5.97 Å². The number of aryl methyl sites for hydroxylation is 1. The standard InChI is InChI=1S/C17H24O2/c1-3-14-8-6-10-17(11-14,16(18)19)12-15-9-5-4-7-13(15)2/h4-5,7,9,14H,3,6,8,10-12H2,1-2H3,(H,18,19). The highest BCUT2D eigenvalue weighted by Crippen LogP contribution is 2.43. The maximum Gasteiger partial charge on any atom is 0.309 e. The van der Waals surface area contributed by atoms with Gasteiger partial charge < -0.3 is 5.11 Å². The zero-order valence-electron chi connectivity index (χ0n) is 12.0. The fourth-order valence-corrected chi connectivity index (χ4v) is 3.44. The molecular formula is C17H24O2. The van der Waals surface area contributed by atoms with E-state index in [1.54, 1.807) is 0 Å². The zero-order valence-corrected chi connectivity index (χ0v) is 12.0. The molecular weight excluding hydrogens is 236 g/mol. The van der Waals surface area contributed by atoms with Gasteiger partial charge in [-0.15, -0.1) is 0 Å². The van der Waals surface area contributed by atoms with Crippen molar-refractivity contribution in [3.63, 3.8) is 0 Å². The monoisotopic (exact) mass is 260 g/mol. The van der Waals surface area contributed by atoms with E-state index in [0.717, 1.165) is 25.7 Å². The Morgan fingerprint density at radius 1 is 1.42 bits per heavy atom. The molecule has 0 aliphatic heterocycles. The van der Waals surface area contributed by atoms with E-state index in [-0.39, 0.29) is 0 Å². The van der Waals surface area contributed by atoms with E-state index in [1.807, 2.05) is 12.1 Å². The molecule has 2 atom stereocenters. The lowest BCUT2D eigenvalue weighted by molar-refractivity contribution is -0.152. The highest BCUT2D eigenvalue weighted by atomic mass is 16.4. The molecule has 2 rings (SSSR count). The van der Waals surface area contributed by atoms with Crippen molar-refractivity contribution in [2.24, 2.45) is 11.3 Å². The molecule has 1 aromatic rings. The number of rotatable bonds is 4. The van der Waals surface area contributed by atoms with Crippen LogP contribution < -0.4 is 0 Å². The highest BCUT2D eigenvalue weighted by molar-refractivity contribution is 5.75. The molecule has 0 aromatic heterocycles. The summed E-state index contributed by atoms with van der Waals surface area (Å²) in [6.07, 6.45) is 5.70. The number of benzene rings is 1. The van der Waals surface area contributed by atoms with Crippen LogP contribution in [-0.2, 0) is 11.2 Å². The molecule has 19 heavy (non-hydrogen) atoms. The van der Waals surface area contributed by atoms with Crippen LogP contribution in [0.3, 0.4) is 0 Å². The van der Waals surface area contributed by atoms with Gasteiger partial charge in [-0.25, -0.2) is 0 Å². The van der Waals surface area contributed by atoms with E-state index in [1.165, 1.54) is 17.5 Å². The summed E-state index contributed by atoms with van der Waals surface area (Å²) in [5.41, 5.74) is 1.87. The average Bonchev–Trinajstić information content (AvgIpc) is 2.41. The molecule has 0 saturated heterocycles. The number of carboxylic acids is 1. The number of hydrogen-bond donors (Lipinski definition) is 1. The summed E-state index contributed by atoms with van der Waals surface area (Å²) in [5, 5.41) is 9.75. The largest absolute Gasteiger partial charge is 0.481 e. The minimum absolute atomic E-state index is 0.537. The molecule has 0 amide bonds. The van der Waals surface area contributed by atoms with Crippen LogP contribution in [0.15, 0.2) is 24.3 Å². The number of carbonyl (C=O) groups is 1. The molecule has 1 aliphatic rings. The van der Waals surface area contributed by atoms with E-state index in [2.05, 4.69) is 26.0 Å². The van der Waals surface area contributed by atoms with Gasteiger partial charge in [0.1, 0.15) is 0 Å². The predicted molar refractivity (Wildman–Crippen MR) is 77.2 cm³/mol. The number of aliphatic carboxylic acids is 1. The van der Waals surface area contributed by atoms with Gasteiger partial charge in [0.25, 0.3) is 0 Å². The van der Waals surface area contributed by atoms with Crippen LogP contribution in [0.25, 0.3) is 0 Å². The normalized spacial score (nSPS) is 27.2. The second kappa shape index (κ2) is 5.77. The molecule has 0 spiro atoms. The lowest BCUT2D eigenvalue weighted by atomic mass is 9.66. The molecule has 0 heterocycles. The van der Waals surface area contributed by atoms with E-state index < -0.39 is 11.4 Å². The van der Waals surface area contributed by atoms with Crippen molar-refractivity contribution in [1.82, 2.24) is 0 Å². The molecule has 1 saturated carbocycles. The van der Waals surface area contributed by atoms with Crippen molar-refractivity contribution in [2.45, 2.75) is 52.4 Å². The van der Waals surface area contributed by atoms with Gasteiger partial charge in [-0.05, 0) is 43.2 Å². The molecule has 0 radical (unpaired) electrons. The van der Waals surface area contributed by atoms with Crippen LogP contribution in [-0.4, -0.2) is 11.1 Å². The summed E-state index contributed by atoms with van der Waals surface area (Å²) in [7, 11) is 0. The van der Waals surface area contributed by atoms with E-state index in [9.17, 15) is 9.90 Å². The first-order valence-electron chi connectivity index (χ1n) is 7.35. The Morgan fingerprint density at radius 2 is 2.16 bits per heavy atom. The summed E-state index contributed by atoms with van der Waals surface area (Å²) in [5.74, 6) is -0.0252. The van der Waals surface area contributed by atoms with Gasteiger partial charge in [-0.2, -0.15) is 0 Å². The van der Waals surface area contributed by atoms with Crippen molar-refractivity contribution in [2.75, 3.05) is 0 Å². The maximum atomic E-state index is 11.9. The Morgan fingerprint density at radius 3 is 2.79 bits per heavy atom. The Labute approximate surface area is 115 Å². The van der Waals surface area contributed by atoms with Crippen molar-refractivity contribution in [3.05, 3.63) is 35.4 Å². The lowest BCUT2D eigenvalue weighted by Crippen LogP contribution is -2.38. The van der Waals surface area contributed by atoms with E-state index >= 15 is 0 Å². The maximum absolute atomic E-state index is 11.9. The highest BCUT2D eigenvalue weighted by Gasteiger charge is 2.42. The summed E-state index contributed by atoms with van der Waals surface area (Å²) in [6.45, 7) is 4.25. The van der Waals surface area contributed by atoms with Crippen molar-refractivity contribution in [1.29, 1.82) is 0 Å². The fourth-order valence-electron chi connectivity index (χ4n) is 3.44. The summed E-state index contributed by atoms with van der Waals surface area (Å²) < 4.78 is 0. The lowest BCUT2D eigenvalue weighted by Gasteiger charge is -2.38. The fraction of sp³-hybridized carbons (Fsp3) is 0.588. The number of carboxylic acid groups (broad SMARTS) is 1. The van der Waals surface area contributed by atoms with Crippen LogP contribution in [0.2, 0.25) is 0 Å². The predicted octanol–water partition coefficient (Wildman–Crippen LogP) is 4.21. The first kappa shape index (κ1) is 14.1. The quantitative estimate of drug-likeness (QED) is 0.880. The Balaban J connectivity index is 2.25. The minimum atomic E-state index is -0.603. The van der Waals surface area contributed by atoms with Gasteiger partial charge in [0.05, 0.1) is 5.41 Å². The molecule has 2 heteroatoms. The van der Waals surface area contributed by atoms with Gasteiger partial charge in [0, 0.05) is 0 Å². The average molecular weight is 260 g/mol. The minimum Gasteiger partial charge on any atom is -0.481 e. The Kier molecular flexibility index (Phi) is 4.28. The van der Waals surface area contributed by atoms with E-state index in [0.29, 0.717) is 12.3 Å². The molecule has 0 bridgehead atoms. The first-order valence-corrected chi connectivity index (χ1v) is 7.35. The smallest absolute Gasteiger partial charge is 0.309 e. The molecule has 2 unspecified atom stereocenters. The molecule has 1 aliphatic carbocycles. The van der Waals surface area contributed by atoms with Crippen LogP contribution in [0.4, 0.5) is 0 Å². The van der Waals surface area contributed by atoms with Crippen LogP contribution in [0.5, 0.6) is 0 Å². The van der Waals surface area contributed by atoms with Gasteiger partial charge in [-0.1, -0.05) is 50.5 Å². The van der Waals surface area contributed by atoms with Crippen molar-refractivity contribution in [3.8, 4) is 0 Å². The molecule has 1 N–H and O–H groups in total. The molecule has 1 aromatic carbocycles. The Hall–Kier alpha value is -1.31. The van der Waals surface area contributed by atoms with Gasteiger partial charge in [0.15, 0.2) is 0 Å². The van der Waals surface area contributed by atoms with Crippen LogP contribution in [0.1, 0.15) is 50.2 Å². The summed E-state index contributed by atoms with van der Waals surface area (Å²) in [6, 6.07) is 8.18. The molecule has 104 valence electrons. The van der Waals surface area contributed by atoms with Crippen LogP contribution >= 0.6 is 0 Å². The third-order valence-electron chi connectivity index (χ3n) is 4.77. The first-order chi connectivity index (χ1) is 9.07. The molecule has 2 nitrogen and oxygen atoms in total. The molecule has 1 fully saturated rings. The van der Waals surface area contributed by atoms with Gasteiger partial charge in [0.2, 0.25) is 0 Å². The second-order valence-corrected chi connectivity index (χ2v) is 6.06. The third kappa shape index (κ3) is 2.99. The van der Waals surface area contributed by atoms with Crippen molar-refractivity contribution >= 4 is 5.97 Å². The van der Waals surface area contributed by atoms with Crippen molar-refractivity contribution < 1.29 is 9.90 Å². The second-order valence-electron chi connectivity index (χ2n) is 6.06. The zero-order chi connectivity index (χ0) is 13.9.